The van der Waals surface area contributed by atoms with Crippen LogP contribution in [-0.4, -0.2) is 55.8 Å². The summed E-state index contributed by atoms with van der Waals surface area (Å²) < 4.78 is 25.7. The Morgan fingerprint density at radius 2 is 1.96 bits per heavy atom. The van der Waals surface area contributed by atoms with Crippen LogP contribution in [0.1, 0.15) is 12.8 Å². The molecule has 1 unspecified atom stereocenters. The van der Waals surface area contributed by atoms with E-state index in [0.717, 1.165) is 23.7 Å². The van der Waals surface area contributed by atoms with Gasteiger partial charge < -0.3 is 10.2 Å². The van der Waals surface area contributed by atoms with Gasteiger partial charge in [-0.1, -0.05) is 6.07 Å². The van der Waals surface area contributed by atoms with Crippen molar-refractivity contribution in [1.29, 1.82) is 0 Å². The van der Waals surface area contributed by atoms with E-state index in [4.69, 9.17) is 0 Å². The Bertz CT molecular complexity index is 902. The van der Waals surface area contributed by atoms with Crippen LogP contribution in [0.5, 0.6) is 0 Å². The van der Waals surface area contributed by atoms with Gasteiger partial charge in [-0.2, -0.15) is 0 Å². The molecule has 1 amide bonds. The maximum atomic E-state index is 12.7. The van der Waals surface area contributed by atoms with E-state index < -0.39 is 10.0 Å². The predicted molar refractivity (Wildman–Crippen MR) is 103 cm³/mol. The number of aromatic nitrogens is 2. The first kappa shape index (κ1) is 19.2. The van der Waals surface area contributed by atoms with Crippen molar-refractivity contribution in [2.45, 2.75) is 17.7 Å². The number of hydrogen-bond acceptors (Lipinski definition) is 6. The Kier molecular flexibility index (Phi) is 5.71. The van der Waals surface area contributed by atoms with Gasteiger partial charge in [-0.05, 0) is 37.1 Å². The first-order valence-electron chi connectivity index (χ1n) is 8.73. The minimum atomic E-state index is -3.55. The largest absolute Gasteiger partial charge is 0.340 e. The lowest BCUT2D eigenvalue weighted by atomic mass is 9.97. The van der Waals surface area contributed by atoms with Gasteiger partial charge in [-0.15, -0.1) is 0 Å². The number of nitrogens with one attached hydrogen (secondary N) is 1. The lowest BCUT2D eigenvalue weighted by molar-refractivity contribution is -0.120. The molecule has 1 N–H and O–H groups in total. The van der Waals surface area contributed by atoms with Crippen LogP contribution in [0.15, 0.2) is 47.6 Å². The number of carbonyl (C=O) groups is 1. The Labute approximate surface area is 159 Å². The third-order valence-corrected chi connectivity index (χ3v) is 6.32. The van der Waals surface area contributed by atoms with Gasteiger partial charge in [0, 0.05) is 45.3 Å². The second kappa shape index (κ2) is 8.01. The van der Waals surface area contributed by atoms with Gasteiger partial charge in [-0.3, -0.25) is 4.79 Å². The average Bonchev–Trinajstić information content (AvgIpc) is 2.69. The van der Waals surface area contributed by atoms with E-state index in [1.165, 1.54) is 26.2 Å². The molecule has 1 aromatic carbocycles. The highest BCUT2D eigenvalue weighted by Crippen LogP contribution is 2.23. The molecule has 2 aromatic rings. The second-order valence-electron chi connectivity index (χ2n) is 6.64. The summed E-state index contributed by atoms with van der Waals surface area (Å²) in [5.41, 5.74) is 0.469. The number of carbonyl (C=O) groups excluding carboxylic acids is 1. The maximum absolute atomic E-state index is 12.7. The van der Waals surface area contributed by atoms with Crippen molar-refractivity contribution < 1.29 is 13.2 Å². The molecule has 0 aliphatic carbocycles. The lowest BCUT2D eigenvalue weighted by Crippen LogP contribution is -2.41. The number of benzene rings is 1. The topological polar surface area (TPSA) is 95.5 Å². The van der Waals surface area contributed by atoms with Gasteiger partial charge in [0.25, 0.3) is 0 Å². The Hall–Kier alpha value is -2.52. The zero-order valence-corrected chi connectivity index (χ0v) is 16.2. The molecule has 1 aliphatic rings. The molecule has 27 heavy (non-hydrogen) atoms. The zero-order valence-electron chi connectivity index (χ0n) is 15.4. The van der Waals surface area contributed by atoms with Crippen LogP contribution in [0.3, 0.4) is 0 Å². The molecular formula is C18H23N5O3S. The number of nitrogens with zero attached hydrogens (tertiary/aromatic N) is 4. The van der Waals surface area contributed by atoms with Crippen molar-refractivity contribution >= 4 is 27.6 Å². The summed E-state index contributed by atoms with van der Waals surface area (Å²) in [4.78, 5) is 23.3. The number of amides is 1. The zero-order chi connectivity index (χ0) is 19.4. The van der Waals surface area contributed by atoms with Crippen LogP contribution in [0.25, 0.3) is 0 Å². The number of rotatable bonds is 5. The first-order valence-corrected chi connectivity index (χ1v) is 10.2. The van der Waals surface area contributed by atoms with E-state index in [9.17, 15) is 13.2 Å². The summed E-state index contributed by atoms with van der Waals surface area (Å²) in [6.45, 7) is 1.34. The quantitative estimate of drug-likeness (QED) is 0.834. The SMILES string of the molecule is CN(C)S(=O)(=O)c1cccc(NC(=O)C2CCCN(c3ncccn3)C2)c1. The maximum Gasteiger partial charge on any atom is 0.242 e. The molecule has 3 rings (SSSR count). The standard InChI is InChI=1S/C18H23N5O3S/c1-22(2)27(25,26)16-8-3-7-15(12-16)21-17(24)14-6-4-11-23(13-14)18-19-9-5-10-20-18/h3,5,7-10,12,14H,4,6,11,13H2,1-2H3,(H,21,24). The van der Waals surface area contributed by atoms with Crippen LogP contribution >= 0.6 is 0 Å². The summed E-state index contributed by atoms with van der Waals surface area (Å²) in [5, 5.41) is 2.85. The molecule has 1 saturated heterocycles. The molecule has 9 heteroatoms. The van der Waals surface area contributed by atoms with Crippen LogP contribution in [-0.2, 0) is 14.8 Å². The summed E-state index contributed by atoms with van der Waals surface area (Å²) in [6, 6.07) is 8.06. The Morgan fingerprint density at radius 3 is 2.67 bits per heavy atom. The van der Waals surface area contributed by atoms with Crippen molar-refractivity contribution in [1.82, 2.24) is 14.3 Å². The van der Waals surface area contributed by atoms with Gasteiger partial charge in [0.05, 0.1) is 10.8 Å². The third-order valence-electron chi connectivity index (χ3n) is 4.51. The van der Waals surface area contributed by atoms with E-state index in [2.05, 4.69) is 15.3 Å². The van der Waals surface area contributed by atoms with Crippen molar-refractivity contribution in [2.24, 2.45) is 5.92 Å². The van der Waals surface area contributed by atoms with Crippen LogP contribution in [0.2, 0.25) is 0 Å². The molecule has 1 aliphatic heterocycles. The Balaban J connectivity index is 1.70. The van der Waals surface area contributed by atoms with Gasteiger partial charge >= 0.3 is 0 Å². The molecule has 8 nitrogen and oxygen atoms in total. The minimum Gasteiger partial charge on any atom is -0.340 e. The van der Waals surface area contributed by atoms with Crippen LogP contribution in [0, 0.1) is 5.92 Å². The molecular weight excluding hydrogens is 366 g/mol. The summed E-state index contributed by atoms with van der Waals surface area (Å²) in [5.74, 6) is 0.278. The van der Waals surface area contributed by atoms with E-state index >= 15 is 0 Å². The first-order chi connectivity index (χ1) is 12.9. The molecule has 2 heterocycles. The molecule has 0 radical (unpaired) electrons. The molecule has 1 aromatic heterocycles. The fourth-order valence-electron chi connectivity index (χ4n) is 3.02. The van der Waals surface area contributed by atoms with Gasteiger partial charge in [0.2, 0.25) is 21.9 Å². The van der Waals surface area contributed by atoms with E-state index in [1.807, 2.05) is 4.90 Å². The highest BCUT2D eigenvalue weighted by molar-refractivity contribution is 7.89. The number of piperidine rings is 1. The van der Waals surface area contributed by atoms with Crippen LogP contribution in [0.4, 0.5) is 11.6 Å². The van der Waals surface area contributed by atoms with Crippen molar-refractivity contribution in [3.05, 3.63) is 42.7 Å². The summed E-state index contributed by atoms with van der Waals surface area (Å²) >= 11 is 0. The van der Waals surface area contributed by atoms with E-state index in [-0.39, 0.29) is 16.7 Å². The predicted octanol–water partition coefficient (Wildman–Crippen LogP) is 1.58. The number of anilines is 2. The number of sulfonamides is 1. The van der Waals surface area contributed by atoms with Crippen molar-refractivity contribution in [3.63, 3.8) is 0 Å². The minimum absolute atomic E-state index is 0.130. The molecule has 0 saturated carbocycles. The van der Waals surface area contributed by atoms with Crippen molar-refractivity contribution in [2.75, 3.05) is 37.4 Å². The highest BCUT2D eigenvalue weighted by Gasteiger charge is 2.27. The van der Waals surface area contributed by atoms with E-state index in [1.54, 1.807) is 30.6 Å². The highest BCUT2D eigenvalue weighted by atomic mass is 32.2. The molecule has 144 valence electrons. The van der Waals surface area contributed by atoms with Crippen LogP contribution < -0.4 is 10.2 Å². The monoisotopic (exact) mass is 389 g/mol. The third kappa shape index (κ3) is 4.42. The normalized spacial score (nSPS) is 17.7. The fourth-order valence-corrected chi connectivity index (χ4v) is 3.96. The molecule has 1 atom stereocenters. The fraction of sp³-hybridized carbons (Fsp3) is 0.389. The van der Waals surface area contributed by atoms with Gasteiger partial charge in [0.1, 0.15) is 0 Å². The molecule has 1 fully saturated rings. The molecule has 0 bridgehead atoms. The Morgan fingerprint density at radius 1 is 1.22 bits per heavy atom. The second-order valence-corrected chi connectivity index (χ2v) is 8.79. The average molecular weight is 389 g/mol. The molecule has 0 spiro atoms. The summed E-state index contributed by atoms with van der Waals surface area (Å²) in [6.07, 6.45) is 5.00. The summed E-state index contributed by atoms with van der Waals surface area (Å²) in [7, 11) is -0.597. The van der Waals surface area contributed by atoms with Gasteiger partial charge in [0.15, 0.2) is 0 Å². The van der Waals surface area contributed by atoms with Crippen molar-refractivity contribution in [3.8, 4) is 0 Å². The number of hydrogen-bond donors (Lipinski definition) is 1. The van der Waals surface area contributed by atoms with Gasteiger partial charge in [-0.25, -0.2) is 22.7 Å². The smallest absolute Gasteiger partial charge is 0.242 e. The van der Waals surface area contributed by atoms with E-state index in [0.29, 0.717) is 18.2 Å². The lowest BCUT2D eigenvalue weighted by Gasteiger charge is -2.31.